The van der Waals surface area contributed by atoms with Crippen molar-refractivity contribution in [3.63, 3.8) is 0 Å². The number of methoxy groups -OCH3 is 1. The van der Waals surface area contributed by atoms with Crippen molar-refractivity contribution in [1.29, 1.82) is 5.26 Å². The van der Waals surface area contributed by atoms with E-state index in [0.29, 0.717) is 12.1 Å². The standard InChI is InChI=1S/C21H19N3O/c1-14-17(25-2)11-16-20(19(14)23)24-10-6-9-18(24)21(16,13-22)12-15-7-4-3-5-8-15/h3-11H,12,23H2,1-2H3. The number of benzene rings is 2. The topological polar surface area (TPSA) is 64.0 Å². The molecule has 124 valence electrons. The van der Waals surface area contributed by atoms with E-state index in [1.54, 1.807) is 7.11 Å². The summed E-state index contributed by atoms with van der Waals surface area (Å²) < 4.78 is 7.56. The summed E-state index contributed by atoms with van der Waals surface area (Å²) in [6.45, 7) is 1.95. The van der Waals surface area contributed by atoms with Crippen molar-refractivity contribution in [2.75, 3.05) is 12.8 Å². The first kappa shape index (κ1) is 15.3. The lowest BCUT2D eigenvalue weighted by Gasteiger charge is -2.23. The summed E-state index contributed by atoms with van der Waals surface area (Å²) in [7, 11) is 1.63. The molecule has 1 aliphatic heterocycles. The molecule has 1 unspecified atom stereocenters. The van der Waals surface area contributed by atoms with Crippen LogP contribution in [0.2, 0.25) is 0 Å². The SMILES string of the molecule is COc1cc2c(c(N)c1C)-n1cccc1C2(C#N)Cc1ccccc1. The zero-order valence-corrected chi connectivity index (χ0v) is 14.3. The number of nitriles is 1. The molecule has 4 nitrogen and oxygen atoms in total. The molecule has 4 rings (SSSR count). The maximum Gasteiger partial charge on any atom is 0.129 e. The number of nitrogens with zero attached hydrogens (tertiary/aromatic N) is 2. The van der Waals surface area contributed by atoms with Crippen LogP contribution in [0.1, 0.15) is 22.4 Å². The Bertz CT molecular complexity index is 998. The van der Waals surface area contributed by atoms with Crippen molar-refractivity contribution in [3.8, 4) is 17.5 Å². The van der Waals surface area contributed by atoms with Gasteiger partial charge in [0.2, 0.25) is 0 Å². The van der Waals surface area contributed by atoms with Crippen LogP contribution in [0.15, 0.2) is 54.7 Å². The van der Waals surface area contributed by atoms with Crippen molar-refractivity contribution < 1.29 is 4.74 Å². The maximum absolute atomic E-state index is 10.3. The van der Waals surface area contributed by atoms with E-state index in [1.807, 2.05) is 54.1 Å². The average Bonchev–Trinajstić information content (AvgIpc) is 3.20. The van der Waals surface area contributed by atoms with Crippen molar-refractivity contribution in [3.05, 3.63) is 77.1 Å². The number of rotatable bonds is 3. The highest BCUT2D eigenvalue weighted by Gasteiger charge is 2.46. The van der Waals surface area contributed by atoms with Crippen molar-refractivity contribution in [1.82, 2.24) is 4.57 Å². The first-order valence-electron chi connectivity index (χ1n) is 8.23. The predicted molar refractivity (Wildman–Crippen MR) is 98.0 cm³/mol. The zero-order chi connectivity index (χ0) is 17.6. The molecule has 0 spiro atoms. The Kier molecular flexibility index (Phi) is 3.33. The molecule has 2 N–H and O–H groups in total. The van der Waals surface area contributed by atoms with Crippen molar-refractivity contribution in [2.24, 2.45) is 0 Å². The second kappa shape index (κ2) is 5.42. The van der Waals surface area contributed by atoms with Gasteiger partial charge in [-0.25, -0.2) is 0 Å². The fourth-order valence-corrected chi connectivity index (χ4v) is 3.87. The van der Waals surface area contributed by atoms with Gasteiger partial charge in [0, 0.05) is 29.4 Å². The third kappa shape index (κ3) is 1.99. The van der Waals surface area contributed by atoms with E-state index < -0.39 is 5.41 Å². The molecule has 0 aliphatic carbocycles. The largest absolute Gasteiger partial charge is 0.496 e. The quantitative estimate of drug-likeness (QED) is 0.745. The second-order valence-electron chi connectivity index (χ2n) is 6.46. The molecular formula is C21H19N3O. The number of ether oxygens (including phenoxy) is 1. The second-order valence-corrected chi connectivity index (χ2v) is 6.46. The van der Waals surface area contributed by atoms with E-state index in [0.717, 1.165) is 33.8 Å². The van der Waals surface area contributed by atoms with Gasteiger partial charge < -0.3 is 15.0 Å². The minimum Gasteiger partial charge on any atom is -0.496 e. The Morgan fingerprint density at radius 2 is 1.96 bits per heavy atom. The lowest BCUT2D eigenvalue weighted by Crippen LogP contribution is -2.26. The van der Waals surface area contributed by atoms with E-state index in [9.17, 15) is 5.26 Å². The molecule has 0 bridgehead atoms. The molecule has 25 heavy (non-hydrogen) atoms. The average molecular weight is 329 g/mol. The smallest absolute Gasteiger partial charge is 0.129 e. The highest BCUT2D eigenvalue weighted by Crippen LogP contribution is 2.49. The number of hydrogen-bond acceptors (Lipinski definition) is 3. The van der Waals surface area contributed by atoms with Crippen LogP contribution < -0.4 is 10.5 Å². The van der Waals surface area contributed by atoms with E-state index in [-0.39, 0.29) is 0 Å². The Labute approximate surface area is 147 Å². The van der Waals surface area contributed by atoms with Gasteiger partial charge in [-0.1, -0.05) is 30.3 Å². The fraction of sp³-hybridized carbons (Fsp3) is 0.190. The van der Waals surface area contributed by atoms with Gasteiger partial charge in [-0.15, -0.1) is 0 Å². The summed E-state index contributed by atoms with van der Waals surface area (Å²) >= 11 is 0. The normalized spacial score (nSPS) is 17.6. The van der Waals surface area contributed by atoms with Crippen LogP contribution in [-0.4, -0.2) is 11.7 Å². The Morgan fingerprint density at radius 3 is 2.64 bits per heavy atom. The summed E-state index contributed by atoms with van der Waals surface area (Å²) in [6.07, 6.45) is 2.56. The summed E-state index contributed by atoms with van der Waals surface area (Å²) in [5.74, 6) is 0.717. The lowest BCUT2D eigenvalue weighted by atomic mass is 9.75. The van der Waals surface area contributed by atoms with Crippen LogP contribution in [0.4, 0.5) is 5.69 Å². The van der Waals surface area contributed by atoms with Crippen LogP contribution in [0.25, 0.3) is 5.69 Å². The highest BCUT2D eigenvalue weighted by molar-refractivity contribution is 5.77. The number of hydrogen-bond donors (Lipinski definition) is 1. The monoisotopic (exact) mass is 329 g/mol. The Balaban J connectivity index is 2.02. The number of aromatic nitrogens is 1. The summed E-state index contributed by atoms with van der Waals surface area (Å²) in [4.78, 5) is 0. The van der Waals surface area contributed by atoms with Gasteiger partial charge in [0.1, 0.15) is 11.2 Å². The molecule has 0 amide bonds. The van der Waals surface area contributed by atoms with E-state index in [2.05, 4.69) is 18.2 Å². The molecular weight excluding hydrogens is 310 g/mol. The maximum atomic E-state index is 10.3. The summed E-state index contributed by atoms with van der Waals surface area (Å²) in [5, 5.41) is 10.3. The minimum atomic E-state index is -0.782. The van der Waals surface area contributed by atoms with Crippen LogP contribution >= 0.6 is 0 Å². The van der Waals surface area contributed by atoms with Crippen molar-refractivity contribution >= 4 is 5.69 Å². The van der Waals surface area contributed by atoms with E-state index >= 15 is 0 Å². The highest BCUT2D eigenvalue weighted by atomic mass is 16.5. The van der Waals surface area contributed by atoms with Crippen LogP contribution in [0.3, 0.4) is 0 Å². The molecule has 0 radical (unpaired) electrons. The van der Waals surface area contributed by atoms with Gasteiger partial charge in [0.05, 0.1) is 24.6 Å². The predicted octanol–water partition coefficient (Wildman–Crippen LogP) is 3.74. The molecule has 3 aromatic rings. The van der Waals surface area contributed by atoms with Crippen LogP contribution in [0.5, 0.6) is 5.75 Å². The summed E-state index contributed by atoms with van der Waals surface area (Å²) in [6, 6.07) is 18.6. The number of nitrogens with two attached hydrogens (primary N) is 1. The lowest BCUT2D eigenvalue weighted by molar-refractivity contribution is 0.411. The van der Waals surface area contributed by atoms with Gasteiger partial charge in [-0.3, -0.25) is 0 Å². The van der Waals surface area contributed by atoms with Gasteiger partial charge >= 0.3 is 0 Å². The van der Waals surface area contributed by atoms with Gasteiger partial charge in [0.25, 0.3) is 0 Å². The molecule has 4 heteroatoms. The molecule has 0 fully saturated rings. The van der Waals surface area contributed by atoms with Gasteiger partial charge in [-0.05, 0) is 30.7 Å². The molecule has 0 saturated carbocycles. The first-order chi connectivity index (χ1) is 12.1. The molecule has 2 aromatic carbocycles. The van der Waals surface area contributed by atoms with Gasteiger partial charge in [-0.2, -0.15) is 5.26 Å². The van der Waals surface area contributed by atoms with E-state index in [1.165, 1.54) is 0 Å². The fourth-order valence-electron chi connectivity index (χ4n) is 3.87. The molecule has 1 aliphatic rings. The van der Waals surface area contributed by atoms with Gasteiger partial charge in [0.15, 0.2) is 0 Å². The molecule has 0 saturated heterocycles. The minimum absolute atomic E-state index is 0.590. The molecule has 1 aromatic heterocycles. The molecule has 2 heterocycles. The first-order valence-corrected chi connectivity index (χ1v) is 8.23. The zero-order valence-electron chi connectivity index (χ0n) is 14.3. The third-order valence-electron chi connectivity index (χ3n) is 5.17. The third-order valence-corrected chi connectivity index (χ3v) is 5.17. The van der Waals surface area contributed by atoms with Crippen molar-refractivity contribution in [2.45, 2.75) is 18.8 Å². The Morgan fingerprint density at radius 1 is 1.20 bits per heavy atom. The van der Waals surface area contributed by atoms with E-state index in [4.69, 9.17) is 10.5 Å². The molecule has 1 atom stereocenters. The number of anilines is 1. The van der Waals surface area contributed by atoms with Crippen LogP contribution in [0, 0.1) is 18.3 Å². The Hall–Kier alpha value is -3.19. The van der Waals surface area contributed by atoms with Crippen LogP contribution in [-0.2, 0) is 11.8 Å². The number of nitrogen functional groups attached to an aromatic ring is 1. The summed E-state index contributed by atoms with van der Waals surface area (Å²) in [5.41, 5.74) is 11.1. The number of fused-ring (bicyclic) bond motifs is 3.